The Bertz CT molecular complexity index is 185. The Hall–Kier alpha value is -0.790. The highest BCUT2D eigenvalue weighted by Crippen LogP contribution is 2.37. The summed E-state index contributed by atoms with van der Waals surface area (Å²) in [5.41, 5.74) is 0.0527. The van der Waals surface area contributed by atoms with Crippen LogP contribution >= 0.6 is 0 Å². The summed E-state index contributed by atoms with van der Waals surface area (Å²) in [6.45, 7) is 2.03. The maximum atomic E-state index is 10.5. The van der Waals surface area contributed by atoms with Crippen LogP contribution in [0.1, 0.15) is 6.92 Å². The van der Waals surface area contributed by atoms with Crippen LogP contribution in [0.5, 0.6) is 0 Å². The molecule has 2 aliphatic rings. The molecule has 0 aromatic heterocycles. The molecule has 0 aromatic carbocycles. The summed E-state index contributed by atoms with van der Waals surface area (Å²) in [6.07, 6.45) is 3.97. The van der Waals surface area contributed by atoms with Crippen molar-refractivity contribution in [3.63, 3.8) is 0 Å². The van der Waals surface area contributed by atoms with Gasteiger partial charge in [-0.2, -0.15) is 0 Å². The lowest BCUT2D eigenvalue weighted by atomic mass is 9.69. The Morgan fingerprint density at radius 1 is 1.88 bits per heavy atom. The molecule has 1 N–H and O–H groups in total. The van der Waals surface area contributed by atoms with E-state index in [0.717, 1.165) is 0 Å². The Kier molecular flexibility index (Phi) is 0.430. The minimum atomic E-state index is 0.0527. The van der Waals surface area contributed by atoms with Crippen molar-refractivity contribution in [1.29, 1.82) is 0 Å². The molecule has 1 aliphatic carbocycles. The van der Waals surface area contributed by atoms with Crippen LogP contribution in [0, 0.1) is 5.92 Å². The number of carbonyl (C=O) groups excluding carboxylic acids is 1. The molecule has 8 heavy (non-hydrogen) atoms. The molecule has 1 fully saturated rings. The number of fused-ring (bicyclic) bond motifs is 1. The zero-order chi connectivity index (χ0) is 5.78. The molecular formula is C6H7NO. The van der Waals surface area contributed by atoms with E-state index in [1.807, 2.05) is 19.1 Å². The van der Waals surface area contributed by atoms with Gasteiger partial charge in [0.1, 0.15) is 0 Å². The molecule has 0 saturated carbocycles. The fraction of sp³-hybridized carbons (Fsp3) is 0.500. The predicted molar refractivity (Wildman–Crippen MR) is 29.2 cm³/mol. The van der Waals surface area contributed by atoms with Crippen LogP contribution in [0.4, 0.5) is 0 Å². The Labute approximate surface area is 47.6 Å². The van der Waals surface area contributed by atoms with Crippen molar-refractivity contribution in [2.24, 2.45) is 5.92 Å². The summed E-state index contributed by atoms with van der Waals surface area (Å²) in [5, 5.41) is 2.79. The molecule has 0 aromatic rings. The monoisotopic (exact) mass is 109 g/mol. The van der Waals surface area contributed by atoms with Gasteiger partial charge >= 0.3 is 0 Å². The number of β-lactam (4-membered cyclic amide) rings is 1. The van der Waals surface area contributed by atoms with Gasteiger partial charge in [0.25, 0.3) is 0 Å². The van der Waals surface area contributed by atoms with Gasteiger partial charge in [-0.15, -0.1) is 0 Å². The highest BCUT2D eigenvalue weighted by atomic mass is 16.2. The van der Waals surface area contributed by atoms with Crippen molar-refractivity contribution in [2.45, 2.75) is 12.5 Å². The molecule has 0 radical (unpaired) electrons. The van der Waals surface area contributed by atoms with E-state index < -0.39 is 0 Å². The minimum absolute atomic E-state index is 0.0527. The number of rotatable bonds is 0. The molecular weight excluding hydrogens is 102 g/mol. The van der Waals surface area contributed by atoms with Crippen LogP contribution in [0.15, 0.2) is 12.2 Å². The minimum Gasteiger partial charge on any atom is -0.346 e. The maximum Gasteiger partial charge on any atom is 0.230 e. The largest absolute Gasteiger partial charge is 0.346 e. The molecule has 0 bridgehead atoms. The van der Waals surface area contributed by atoms with Gasteiger partial charge in [0.05, 0.1) is 11.5 Å². The first kappa shape index (κ1) is 4.13. The first-order valence-corrected chi connectivity index (χ1v) is 2.74. The zero-order valence-electron chi connectivity index (χ0n) is 4.64. The van der Waals surface area contributed by atoms with E-state index in [4.69, 9.17) is 0 Å². The van der Waals surface area contributed by atoms with E-state index in [1.165, 1.54) is 0 Å². The average Bonchev–Trinajstić information content (AvgIpc) is 1.64. The molecule has 42 valence electrons. The zero-order valence-corrected chi connectivity index (χ0v) is 4.64. The first-order chi connectivity index (χ1) is 3.72. The summed E-state index contributed by atoms with van der Waals surface area (Å²) >= 11 is 0. The van der Waals surface area contributed by atoms with E-state index in [2.05, 4.69) is 5.32 Å². The first-order valence-electron chi connectivity index (χ1n) is 2.74. The molecule has 1 aliphatic heterocycles. The smallest absolute Gasteiger partial charge is 0.230 e. The number of amides is 1. The van der Waals surface area contributed by atoms with Crippen LogP contribution in [0.3, 0.4) is 0 Å². The molecule has 0 spiro atoms. The average molecular weight is 109 g/mol. The van der Waals surface area contributed by atoms with Gasteiger partial charge in [0.15, 0.2) is 0 Å². The summed E-state index contributed by atoms with van der Waals surface area (Å²) < 4.78 is 0. The number of carbonyl (C=O) groups is 1. The molecule has 2 atom stereocenters. The molecule has 2 unspecified atom stereocenters. The summed E-state index contributed by atoms with van der Waals surface area (Å²) in [4.78, 5) is 10.5. The number of hydrogen-bond donors (Lipinski definition) is 1. The molecule has 2 heteroatoms. The fourth-order valence-corrected chi connectivity index (χ4v) is 1.23. The van der Waals surface area contributed by atoms with E-state index in [1.54, 1.807) is 0 Å². The van der Waals surface area contributed by atoms with Crippen LogP contribution in [-0.4, -0.2) is 11.4 Å². The second-order valence-electron chi connectivity index (χ2n) is 2.61. The molecule has 2 rings (SSSR count). The van der Waals surface area contributed by atoms with Crippen molar-refractivity contribution in [2.75, 3.05) is 0 Å². The van der Waals surface area contributed by atoms with Gasteiger partial charge in [-0.05, 0) is 6.92 Å². The summed E-state index contributed by atoms with van der Waals surface area (Å²) in [7, 11) is 0. The van der Waals surface area contributed by atoms with Crippen LogP contribution in [0.25, 0.3) is 0 Å². The third kappa shape index (κ3) is 0.226. The van der Waals surface area contributed by atoms with Gasteiger partial charge in [-0.25, -0.2) is 0 Å². The highest BCUT2D eigenvalue weighted by Gasteiger charge is 2.51. The van der Waals surface area contributed by atoms with E-state index in [-0.39, 0.29) is 17.4 Å². The van der Waals surface area contributed by atoms with Crippen LogP contribution in [-0.2, 0) is 4.79 Å². The molecule has 1 heterocycles. The van der Waals surface area contributed by atoms with Crippen LogP contribution in [0.2, 0.25) is 0 Å². The second kappa shape index (κ2) is 0.835. The second-order valence-corrected chi connectivity index (χ2v) is 2.61. The van der Waals surface area contributed by atoms with Crippen molar-refractivity contribution in [1.82, 2.24) is 5.32 Å². The summed E-state index contributed by atoms with van der Waals surface area (Å²) in [5.74, 6) is 0.373. The van der Waals surface area contributed by atoms with Crippen LogP contribution < -0.4 is 5.32 Å². The standard InChI is InChI=1S/C6H7NO/c1-6-3-2-4(6)5(8)7-6/h2-4H,1H3,(H,7,8). The lowest BCUT2D eigenvalue weighted by Gasteiger charge is -2.49. The Morgan fingerprint density at radius 3 is 2.62 bits per heavy atom. The number of hydrogen-bond acceptors (Lipinski definition) is 1. The Balaban J connectivity index is 2.34. The van der Waals surface area contributed by atoms with Gasteiger partial charge in [0, 0.05) is 0 Å². The maximum absolute atomic E-state index is 10.5. The topological polar surface area (TPSA) is 29.1 Å². The third-order valence-electron chi connectivity index (χ3n) is 1.96. The van der Waals surface area contributed by atoms with Crippen molar-refractivity contribution < 1.29 is 4.79 Å². The molecule has 1 amide bonds. The van der Waals surface area contributed by atoms with Crippen molar-refractivity contribution in [3.8, 4) is 0 Å². The number of nitrogens with one attached hydrogen (secondary N) is 1. The van der Waals surface area contributed by atoms with E-state index >= 15 is 0 Å². The Morgan fingerprint density at radius 2 is 2.62 bits per heavy atom. The highest BCUT2D eigenvalue weighted by molar-refractivity contribution is 5.92. The van der Waals surface area contributed by atoms with E-state index in [0.29, 0.717) is 0 Å². The fourth-order valence-electron chi connectivity index (χ4n) is 1.23. The lowest BCUT2D eigenvalue weighted by molar-refractivity contribution is -0.136. The van der Waals surface area contributed by atoms with Crippen molar-refractivity contribution in [3.05, 3.63) is 12.2 Å². The van der Waals surface area contributed by atoms with E-state index in [9.17, 15) is 4.79 Å². The van der Waals surface area contributed by atoms with Gasteiger partial charge in [-0.3, -0.25) is 4.79 Å². The lowest BCUT2D eigenvalue weighted by Crippen LogP contribution is -2.69. The summed E-state index contributed by atoms with van der Waals surface area (Å²) in [6, 6.07) is 0. The normalized spacial score (nSPS) is 48.6. The third-order valence-corrected chi connectivity index (χ3v) is 1.96. The molecule has 1 saturated heterocycles. The SMILES string of the molecule is CC12C=CC1C(=O)N2. The van der Waals surface area contributed by atoms with Gasteiger partial charge in [-0.1, -0.05) is 12.2 Å². The predicted octanol–water partition coefficient (Wildman–Crippen LogP) is 0.0609. The quantitative estimate of drug-likeness (QED) is 0.346. The van der Waals surface area contributed by atoms with Crippen molar-refractivity contribution >= 4 is 5.91 Å². The van der Waals surface area contributed by atoms with Gasteiger partial charge in [0.2, 0.25) is 5.91 Å². The van der Waals surface area contributed by atoms with Gasteiger partial charge < -0.3 is 5.32 Å². The molecule has 2 nitrogen and oxygen atoms in total.